The van der Waals surface area contributed by atoms with Crippen LogP contribution in [0.25, 0.3) is 0 Å². The molecule has 3 rings (SSSR count). The van der Waals surface area contributed by atoms with E-state index in [-0.39, 0.29) is 41.2 Å². The standard InChI is InChI=1S/C15H18N4O5S2/c1-18-11-16-17-15(18)26(23,24)13-9-19(10-13)14(20)7-8-25(21,22)12-5-3-2-4-6-12/h2-6,11,13H,7-10H2,1H3. The number of carbonyl (C=O) groups is 1. The number of hydrogen-bond donors (Lipinski definition) is 0. The first-order chi connectivity index (χ1) is 12.2. The zero-order valence-corrected chi connectivity index (χ0v) is 15.6. The van der Waals surface area contributed by atoms with Crippen LogP contribution in [0.15, 0.2) is 46.7 Å². The maximum absolute atomic E-state index is 12.4. The molecule has 1 aromatic carbocycles. The monoisotopic (exact) mass is 398 g/mol. The number of amides is 1. The molecule has 1 aliphatic heterocycles. The van der Waals surface area contributed by atoms with Gasteiger partial charge in [-0.3, -0.25) is 4.79 Å². The van der Waals surface area contributed by atoms with E-state index in [1.165, 1.54) is 35.0 Å². The number of carbonyl (C=O) groups excluding carboxylic acids is 1. The predicted molar refractivity (Wildman–Crippen MR) is 91.7 cm³/mol. The second kappa shape index (κ2) is 6.80. The smallest absolute Gasteiger partial charge is 0.249 e. The van der Waals surface area contributed by atoms with E-state index in [9.17, 15) is 21.6 Å². The molecule has 0 radical (unpaired) electrons. The molecule has 0 atom stereocenters. The molecule has 11 heteroatoms. The first-order valence-electron chi connectivity index (χ1n) is 7.85. The van der Waals surface area contributed by atoms with Gasteiger partial charge in [0, 0.05) is 26.6 Å². The van der Waals surface area contributed by atoms with Gasteiger partial charge in [-0.2, -0.15) is 0 Å². The molecule has 0 bridgehead atoms. The van der Waals surface area contributed by atoms with Crippen LogP contribution in [0.2, 0.25) is 0 Å². The molecule has 1 aromatic heterocycles. The minimum atomic E-state index is -3.67. The number of aromatic nitrogens is 3. The summed E-state index contributed by atoms with van der Waals surface area (Å²) in [6, 6.07) is 7.90. The normalized spacial score (nSPS) is 15.7. The summed E-state index contributed by atoms with van der Waals surface area (Å²) in [5.41, 5.74) is 0. The van der Waals surface area contributed by atoms with Crippen LogP contribution in [0.5, 0.6) is 0 Å². The van der Waals surface area contributed by atoms with Gasteiger partial charge in [0.2, 0.25) is 20.9 Å². The Labute approximate surface area is 151 Å². The molecule has 140 valence electrons. The van der Waals surface area contributed by atoms with Gasteiger partial charge in [0.15, 0.2) is 9.84 Å². The van der Waals surface area contributed by atoms with Crippen molar-refractivity contribution in [3.8, 4) is 0 Å². The third-order valence-electron chi connectivity index (χ3n) is 4.25. The highest BCUT2D eigenvalue weighted by Crippen LogP contribution is 2.23. The van der Waals surface area contributed by atoms with E-state index in [2.05, 4.69) is 10.2 Å². The van der Waals surface area contributed by atoms with Crippen molar-refractivity contribution in [1.29, 1.82) is 0 Å². The van der Waals surface area contributed by atoms with Crippen molar-refractivity contribution >= 4 is 25.6 Å². The molecule has 0 spiro atoms. The molecule has 0 N–H and O–H groups in total. The number of likely N-dealkylation sites (tertiary alicyclic amines) is 1. The van der Waals surface area contributed by atoms with Crippen LogP contribution < -0.4 is 0 Å². The van der Waals surface area contributed by atoms with Gasteiger partial charge < -0.3 is 9.47 Å². The fourth-order valence-corrected chi connectivity index (χ4v) is 5.55. The lowest BCUT2D eigenvalue weighted by molar-refractivity contribution is -0.133. The van der Waals surface area contributed by atoms with E-state index < -0.39 is 24.9 Å². The van der Waals surface area contributed by atoms with Crippen molar-refractivity contribution in [2.45, 2.75) is 21.7 Å². The van der Waals surface area contributed by atoms with E-state index >= 15 is 0 Å². The Morgan fingerprint density at radius 3 is 2.38 bits per heavy atom. The number of aryl methyl sites for hydroxylation is 1. The molecule has 1 saturated heterocycles. The second-order valence-electron chi connectivity index (χ2n) is 6.07. The van der Waals surface area contributed by atoms with Gasteiger partial charge in [0.25, 0.3) is 0 Å². The van der Waals surface area contributed by atoms with Crippen molar-refractivity contribution < 1.29 is 21.6 Å². The summed E-state index contributed by atoms with van der Waals surface area (Å²) in [7, 11) is -5.68. The molecular formula is C15H18N4O5S2. The summed E-state index contributed by atoms with van der Waals surface area (Å²) in [4.78, 5) is 13.7. The Balaban J connectivity index is 1.57. The maximum atomic E-state index is 12.4. The van der Waals surface area contributed by atoms with E-state index in [0.717, 1.165) is 0 Å². The summed E-state index contributed by atoms with van der Waals surface area (Å²) in [6.45, 7) is 0.0544. The second-order valence-corrected chi connectivity index (χ2v) is 10.3. The third kappa shape index (κ3) is 3.49. The van der Waals surface area contributed by atoms with Crippen molar-refractivity contribution in [1.82, 2.24) is 19.7 Å². The first kappa shape index (κ1) is 18.5. The fraction of sp³-hybridized carbons (Fsp3) is 0.400. The number of nitrogens with zero attached hydrogens (tertiary/aromatic N) is 4. The zero-order chi connectivity index (χ0) is 18.9. The van der Waals surface area contributed by atoms with Gasteiger partial charge in [-0.25, -0.2) is 16.8 Å². The summed E-state index contributed by atoms with van der Waals surface area (Å²) >= 11 is 0. The number of hydrogen-bond acceptors (Lipinski definition) is 7. The van der Waals surface area contributed by atoms with Gasteiger partial charge in [0.05, 0.1) is 10.6 Å². The molecule has 2 aromatic rings. The van der Waals surface area contributed by atoms with Crippen LogP contribution in [0.1, 0.15) is 6.42 Å². The number of sulfone groups is 2. The lowest BCUT2D eigenvalue weighted by atomic mass is 10.2. The quantitative estimate of drug-likeness (QED) is 0.653. The highest BCUT2D eigenvalue weighted by molar-refractivity contribution is 7.92. The van der Waals surface area contributed by atoms with Crippen LogP contribution in [-0.2, 0) is 31.5 Å². The van der Waals surface area contributed by atoms with Gasteiger partial charge in [-0.05, 0) is 12.1 Å². The Kier molecular flexibility index (Phi) is 4.84. The van der Waals surface area contributed by atoms with Crippen molar-refractivity contribution in [3.05, 3.63) is 36.7 Å². The van der Waals surface area contributed by atoms with Crippen LogP contribution in [0.4, 0.5) is 0 Å². The van der Waals surface area contributed by atoms with E-state index in [1.54, 1.807) is 18.2 Å². The number of rotatable bonds is 6. The lowest BCUT2D eigenvalue weighted by Gasteiger charge is -2.38. The van der Waals surface area contributed by atoms with E-state index in [4.69, 9.17) is 0 Å². The first-order valence-corrected chi connectivity index (χ1v) is 11.0. The SMILES string of the molecule is Cn1cnnc1S(=O)(=O)C1CN(C(=O)CCS(=O)(=O)c2ccccc2)C1. The van der Waals surface area contributed by atoms with E-state index in [1.807, 2.05) is 0 Å². The van der Waals surface area contributed by atoms with E-state index in [0.29, 0.717) is 0 Å². The van der Waals surface area contributed by atoms with Gasteiger partial charge in [0.1, 0.15) is 11.6 Å². The summed E-state index contributed by atoms with van der Waals surface area (Å²) in [6.07, 6.45) is 1.11. The molecule has 0 aliphatic carbocycles. The van der Waals surface area contributed by atoms with Gasteiger partial charge in [-0.1, -0.05) is 18.2 Å². The van der Waals surface area contributed by atoms with Crippen molar-refractivity contribution in [2.24, 2.45) is 7.05 Å². The molecule has 26 heavy (non-hydrogen) atoms. The molecular weight excluding hydrogens is 380 g/mol. The Morgan fingerprint density at radius 1 is 1.15 bits per heavy atom. The highest BCUT2D eigenvalue weighted by atomic mass is 32.2. The highest BCUT2D eigenvalue weighted by Gasteiger charge is 2.42. The lowest BCUT2D eigenvalue weighted by Crippen LogP contribution is -2.57. The zero-order valence-electron chi connectivity index (χ0n) is 14.0. The predicted octanol–water partition coefficient (Wildman–Crippen LogP) is -0.336. The third-order valence-corrected chi connectivity index (χ3v) is 8.04. The van der Waals surface area contributed by atoms with Crippen molar-refractivity contribution in [2.75, 3.05) is 18.8 Å². The Morgan fingerprint density at radius 2 is 1.81 bits per heavy atom. The Bertz CT molecular complexity index is 1010. The van der Waals surface area contributed by atoms with Crippen molar-refractivity contribution in [3.63, 3.8) is 0 Å². The van der Waals surface area contributed by atoms with Crippen LogP contribution in [0, 0.1) is 0 Å². The number of benzene rings is 1. The average molecular weight is 398 g/mol. The summed E-state index contributed by atoms with van der Waals surface area (Å²) in [5, 5.41) is 6.27. The topological polar surface area (TPSA) is 119 Å². The summed E-state index contributed by atoms with van der Waals surface area (Å²) < 4.78 is 50.5. The minimum absolute atomic E-state index is 0.0272. The molecule has 2 heterocycles. The minimum Gasteiger partial charge on any atom is -0.340 e. The molecule has 1 fully saturated rings. The maximum Gasteiger partial charge on any atom is 0.249 e. The Hall–Kier alpha value is -2.27. The van der Waals surface area contributed by atoms with Gasteiger partial charge >= 0.3 is 0 Å². The largest absolute Gasteiger partial charge is 0.340 e. The summed E-state index contributed by atoms with van der Waals surface area (Å²) in [5.74, 6) is -0.693. The van der Waals surface area contributed by atoms with Gasteiger partial charge in [-0.15, -0.1) is 10.2 Å². The molecule has 1 aliphatic rings. The fourth-order valence-electron chi connectivity index (χ4n) is 2.64. The van der Waals surface area contributed by atoms with Crippen LogP contribution in [0.3, 0.4) is 0 Å². The molecule has 1 amide bonds. The molecule has 0 saturated carbocycles. The molecule has 9 nitrogen and oxygen atoms in total. The average Bonchev–Trinajstić information content (AvgIpc) is 2.99. The van der Waals surface area contributed by atoms with Crippen LogP contribution >= 0.6 is 0 Å². The molecule has 0 unspecified atom stereocenters. The van der Waals surface area contributed by atoms with Crippen LogP contribution in [-0.4, -0.2) is 66.5 Å².